The molecule has 2 rings (SSSR count). The number of carboxylic acid groups (broad SMARTS) is 1. The molecule has 11 heteroatoms. The molecule has 1 aromatic heterocycles. The predicted octanol–water partition coefficient (Wildman–Crippen LogP) is -0.0458. The van der Waals surface area contributed by atoms with Crippen molar-refractivity contribution in [1.82, 2.24) is 15.2 Å². The van der Waals surface area contributed by atoms with Gasteiger partial charge in [0, 0.05) is 12.5 Å². The summed E-state index contributed by atoms with van der Waals surface area (Å²) < 4.78 is 37.2. The average molecular weight is 389 g/mol. The van der Waals surface area contributed by atoms with Crippen molar-refractivity contribution in [3.8, 4) is 0 Å². The van der Waals surface area contributed by atoms with Gasteiger partial charge in [-0.2, -0.15) is 4.72 Å². The second-order valence-corrected chi connectivity index (χ2v) is 7.95. The van der Waals surface area contributed by atoms with E-state index in [1.165, 1.54) is 20.8 Å². The van der Waals surface area contributed by atoms with E-state index in [1.807, 2.05) is 0 Å². The number of nitrogens with one attached hydrogen (secondary N) is 2. The standard InChI is InChI=1S/C15H23N3O7S/c1-8-13(10(3)25-17-8)26(22,23)18-9(2)14(19)16-12(15(20)21)11-5-4-6-24-7-11/h9,11-12,18H,4-7H2,1-3H3,(H,16,19)(H,20,21). The van der Waals surface area contributed by atoms with Gasteiger partial charge in [-0.25, -0.2) is 13.2 Å². The number of carbonyl (C=O) groups excluding carboxylic acids is 1. The number of ether oxygens (including phenoxy) is 1. The summed E-state index contributed by atoms with van der Waals surface area (Å²) in [6.45, 7) is 5.05. The van der Waals surface area contributed by atoms with Crippen LogP contribution in [0.1, 0.15) is 31.2 Å². The topological polar surface area (TPSA) is 148 Å². The molecule has 1 aliphatic heterocycles. The monoisotopic (exact) mass is 389 g/mol. The summed E-state index contributed by atoms with van der Waals surface area (Å²) in [6, 6.07) is -2.33. The van der Waals surface area contributed by atoms with Crippen LogP contribution in [-0.2, 0) is 24.3 Å². The predicted molar refractivity (Wildman–Crippen MR) is 88.9 cm³/mol. The van der Waals surface area contributed by atoms with E-state index < -0.39 is 34.0 Å². The maximum atomic E-state index is 12.4. The lowest BCUT2D eigenvalue weighted by atomic mass is 9.93. The van der Waals surface area contributed by atoms with Crippen LogP contribution >= 0.6 is 0 Å². The van der Waals surface area contributed by atoms with Crippen LogP contribution in [0.25, 0.3) is 0 Å². The second kappa shape index (κ2) is 8.14. The summed E-state index contributed by atoms with van der Waals surface area (Å²) in [5.41, 5.74) is 0.172. The summed E-state index contributed by atoms with van der Waals surface area (Å²) in [5.74, 6) is -2.19. The molecule has 3 N–H and O–H groups in total. The van der Waals surface area contributed by atoms with Crippen LogP contribution in [0, 0.1) is 19.8 Å². The van der Waals surface area contributed by atoms with Crippen molar-refractivity contribution < 1.29 is 32.4 Å². The zero-order valence-corrected chi connectivity index (χ0v) is 15.6. The Morgan fingerprint density at radius 3 is 2.54 bits per heavy atom. The molecule has 26 heavy (non-hydrogen) atoms. The number of hydrogen-bond donors (Lipinski definition) is 3. The van der Waals surface area contributed by atoms with Crippen LogP contribution in [0.3, 0.4) is 0 Å². The minimum atomic E-state index is -4.04. The minimum Gasteiger partial charge on any atom is -0.480 e. The van der Waals surface area contributed by atoms with Gasteiger partial charge < -0.3 is 19.7 Å². The Hall–Kier alpha value is -1.98. The van der Waals surface area contributed by atoms with E-state index in [2.05, 4.69) is 15.2 Å². The molecule has 1 saturated heterocycles. The van der Waals surface area contributed by atoms with Crippen molar-refractivity contribution in [2.75, 3.05) is 13.2 Å². The Bertz CT molecular complexity index is 749. The fraction of sp³-hybridized carbons (Fsp3) is 0.667. The minimum absolute atomic E-state index is 0.102. The van der Waals surface area contributed by atoms with E-state index in [0.717, 1.165) is 0 Å². The van der Waals surface area contributed by atoms with Crippen LogP contribution in [0.15, 0.2) is 9.42 Å². The van der Waals surface area contributed by atoms with Crippen LogP contribution in [-0.4, -0.2) is 55.9 Å². The summed E-state index contributed by atoms with van der Waals surface area (Å²) >= 11 is 0. The number of nitrogens with zero attached hydrogens (tertiary/aromatic N) is 1. The van der Waals surface area contributed by atoms with Gasteiger partial charge >= 0.3 is 5.97 Å². The van der Waals surface area contributed by atoms with Crippen LogP contribution in [0.2, 0.25) is 0 Å². The number of aryl methyl sites for hydroxylation is 2. The highest BCUT2D eigenvalue weighted by Gasteiger charge is 2.34. The van der Waals surface area contributed by atoms with E-state index in [-0.39, 0.29) is 28.9 Å². The summed E-state index contributed by atoms with van der Waals surface area (Å²) in [7, 11) is -4.04. The second-order valence-electron chi connectivity index (χ2n) is 6.30. The Morgan fingerprint density at radius 2 is 2.04 bits per heavy atom. The molecule has 10 nitrogen and oxygen atoms in total. The highest BCUT2D eigenvalue weighted by Crippen LogP contribution is 2.20. The number of aromatic nitrogens is 1. The largest absolute Gasteiger partial charge is 0.480 e. The molecule has 0 aliphatic carbocycles. The van der Waals surface area contributed by atoms with Crippen molar-refractivity contribution in [2.45, 2.75) is 50.6 Å². The first-order chi connectivity index (χ1) is 12.1. The fourth-order valence-corrected chi connectivity index (χ4v) is 4.42. The van der Waals surface area contributed by atoms with Crippen molar-refractivity contribution in [2.24, 2.45) is 5.92 Å². The summed E-state index contributed by atoms with van der Waals surface area (Å²) in [4.78, 5) is 23.7. The summed E-state index contributed by atoms with van der Waals surface area (Å²) in [6.07, 6.45) is 1.31. The van der Waals surface area contributed by atoms with Crippen molar-refractivity contribution in [3.05, 3.63) is 11.5 Å². The number of hydrogen-bond acceptors (Lipinski definition) is 7. The lowest BCUT2D eigenvalue weighted by Gasteiger charge is -2.28. The molecule has 0 bridgehead atoms. The van der Waals surface area contributed by atoms with Crippen LogP contribution in [0.5, 0.6) is 0 Å². The van der Waals surface area contributed by atoms with Crippen LogP contribution < -0.4 is 10.0 Å². The molecule has 3 unspecified atom stereocenters. The van der Waals surface area contributed by atoms with E-state index in [1.54, 1.807) is 0 Å². The van der Waals surface area contributed by atoms with E-state index in [0.29, 0.717) is 19.4 Å². The third-order valence-electron chi connectivity index (χ3n) is 4.19. The molecule has 1 aromatic rings. The normalized spacial score (nSPS) is 20.3. The third kappa shape index (κ3) is 4.59. The molecule has 0 radical (unpaired) electrons. The van der Waals surface area contributed by atoms with Gasteiger partial charge in [0.25, 0.3) is 0 Å². The number of sulfonamides is 1. The molecule has 0 spiro atoms. The molecular weight excluding hydrogens is 366 g/mol. The van der Waals surface area contributed by atoms with Gasteiger partial charge in [0.2, 0.25) is 15.9 Å². The molecular formula is C15H23N3O7S. The maximum absolute atomic E-state index is 12.4. The Labute approximate surface area is 151 Å². The lowest BCUT2D eigenvalue weighted by Crippen LogP contribution is -2.54. The summed E-state index contributed by atoms with van der Waals surface area (Å²) in [5, 5.41) is 15.4. The van der Waals surface area contributed by atoms with Gasteiger partial charge in [0.1, 0.15) is 16.6 Å². The van der Waals surface area contributed by atoms with Crippen molar-refractivity contribution in [3.63, 3.8) is 0 Å². The molecule has 2 heterocycles. The first-order valence-electron chi connectivity index (χ1n) is 8.19. The van der Waals surface area contributed by atoms with Gasteiger partial charge in [0.05, 0.1) is 12.6 Å². The average Bonchev–Trinajstić information content (AvgIpc) is 2.91. The first-order valence-corrected chi connectivity index (χ1v) is 9.68. The van der Waals surface area contributed by atoms with Crippen molar-refractivity contribution in [1.29, 1.82) is 0 Å². The number of aliphatic carboxylic acids is 1. The molecule has 1 fully saturated rings. The van der Waals surface area contributed by atoms with Crippen molar-refractivity contribution >= 4 is 21.9 Å². The number of rotatable bonds is 7. The Balaban J connectivity index is 2.07. The zero-order chi connectivity index (χ0) is 19.5. The zero-order valence-electron chi connectivity index (χ0n) is 14.8. The molecule has 3 atom stereocenters. The third-order valence-corrected chi connectivity index (χ3v) is 5.98. The molecule has 0 saturated carbocycles. The van der Waals surface area contributed by atoms with E-state index >= 15 is 0 Å². The van der Waals surface area contributed by atoms with Gasteiger partial charge in [-0.05, 0) is 33.6 Å². The van der Waals surface area contributed by atoms with Gasteiger partial charge in [-0.3, -0.25) is 4.79 Å². The quantitative estimate of drug-likeness (QED) is 0.588. The molecule has 146 valence electrons. The smallest absolute Gasteiger partial charge is 0.326 e. The fourth-order valence-electron chi connectivity index (χ4n) is 2.89. The highest BCUT2D eigenvalue weighted by atomic mass is 32.2. The maximum Gasteiger partial charge on any atom is 0.326 e. The Morgan fingerprint density at radius 1 is 1.35 bits per heavy atom. The number of carboxylic acids is 1. The number of carbonyl (C=O) groups is 2. The van der Waals surface area contributed by atoms with E-state index in [4.69, 9.17) is 9.26 Å². The van der Waals surface area contributed by atoms with Crippen LogP contribution in [0.4, 0.5) is 0 Å². The molecule has 1 aliphatic rings. The van der Waals surface area contributed by atoms with Gasteiger partial charge in [0.15, 0.2) is 5.76 Å². The number of amides is 1. The lowest BCUT2D eigenvalue weighted by molar-refractivity contribution is -0.145. The molecule has 1 amide bonds. The van der Waals surface area contributed by atoms with Gasteiger partial charge in [-0.15, -0.1) is 0 Å². The SMILES string of the molecule is Cc1noc(C)c1S(=O)(=O)NC(C)C(=O)NC(C(=O)O)C1CCCOC1. The Kier molecular flexibility index (Phi) is 6.37. The van der Waals surface area contributed by atoms with E-state index in [9.17, 15) is 23.1 Å². The first kappa shape index (κ1) is 20.3. The van der Waals surface area contributed by atoms with Gasteiger partial charge in [-0.1, -0.05) is 5.16 Å². The molecule has 0 aromatic carbocycles. The highest BCUT2D eigenvalue weighted by molar-refractivity contribution is 7.89.